The molecule has 4 unspecified atom stereocenters. The van der Waals surface area contributed by atoms with Gasteiger partial charge in [0.1, 0.15) is 29.4 Å². The van der Waals surface area contributed by atoms with Gasteiger partial charge in [-0.25, -0.2) is 9.78 Å². The number of rotatable bonds is 12. The third-order valence-corrected chi connectivity index (χ3v) is 15.4. The summed E-state index contributed by atoms with van der Waals surface area (Å²) in [4.78, 5) is 79.1. The minimum atomic E-state index is -5.08. The predicted molar refractivity (Wildman–Crippen MR) is 280 cm³/mol. The molecule has 4 aromatic carbocycles. The van der Waals surface area contributed by atoms with Crippen LogP contribution in [0.3, 0.4) is 0 Å². The molecule has 3 N–H and O–H groups in total. The molecule has 20 heteroatoms. The number of hydrogen-bond acceptors (Lipinski definition) is 9. The summed E-state index contributed by atoms with van der Waals surface area (Å²) in [6.45, 7) is 5.17. The van der Waals surface area contributed by atoms with E-state index >= 15 is 9.59 Å². The fourth-order valence-corrected chi connectivity index (χ4v) is 11.2. The van der Waals surface area contributed by atoms with Crippen molar-refractivity contribution in [2.45, 2.75) is 101 Å². The molecule has 76 heavy (non-hydrogen) atoms. The zero-order valence-corrected chi connectivity index (χ0v) is 44.1. The standard InChI is InChI=1S/C54H61Cl2N7O6.C2HF3O2/c1-35-51(65)58-46(33-68-3)52(66)59-54(29-36-11-17-40(55)18-12-36)23-8-26-62(34-54)53(67)45(44-22-16-37-9-4-5-10-43(37)44)28-50(64)63(35)31-39-13-19-41(56)27-48(39)69-42-20-14-38(15-21-42)47-30-57-49(60(47)2)32-61-24-6-7-25-61;3-2(4,5)1(6)7/h4-5,9-15,17-21,27,30,35,44-46H,6-8,16,22-26,28-29,31-34H2,1-3H3,(H,58,65)(H,59,66);(H,6,7)/t35?,44-,45?,46?,54?;/m0./s1. The molecule has 4 amide bonds. The maximum Gasteiger partial charge on any atom is 0.490 e. The number of carboxylic acid groups (broad SMARTS) is 1. The lowest BCUT2D eigenvalue weighted by Gasteiger charge is -2.46. The number of imidazole rings is 1. The van der Waals surface area contributed by atoms with Gasteiger partial charge in [0.2, 0.25) is 23.6 Å². The molecule has 0 spiro atoms. The number of aliphatic carboxylic acids is 1. The number of methoxy groups -OCH3 is 1. The van der Waals surface area contributed by atoms with Crippen LogP contribution in [0.2, 0.25) is 10.0 Å². The summed E-state index contributed by atoms with van der Waals surface area (Å²) in [5.74, 6) is -3.26. The van der Waals surface area contributed by atoms with Crippen LogP contribution in [-0.2, 0) is 61.7 Å². The van der Waals surface area contributed by atoms with E-state index in [1.807, 2.05) is 78.8 Å². The van der Waals surface area contributed by atoms with E-state index in [1.54, 1.807) is 25.1 Å². The molecule has 3 aliphatic heterocycles. The topological polar surface area (TPSA) is 176 Å². The van der Waals surface area contributed by atoms with Crippen LogP contribution < -0.4 is 15.4 Å². The Morgan fingerprint density at radius 1 is 0.882 bits per heavy atom. The van der Waals surface area contributed by atoms with Gasteiger partial charge in [-0.1, -0.05) is 65.7 Å². The number of carboxylic acids is 1. The smallest absolute Gasteiger partial charge is 0.475 e. The number of fused-ring (bicyclic) bond motifs is 3. The summed E-state index contributed by atoms with van der Waals surface area (Å²) >= 11 is 12.9. The fourth-order valence-electron chi connectivity index (χ4n) is 10.9. The van der Waals surface area contributed by atoms with E-state index in [2.05, 4.69) is 32.2 Å². The Labute approximate surface area is 449 Å². The van der Waals surface area contributed by atoms with Gasteiger partial charge in [-0.15, -0.1) is 0 Å². The molecule has 1 aromatic heterocycles. The first-order chi connectivity index (χ1) is 36.3. The van der Waals surface area contributed by atoms with Gasteiger partial charge in [0.15, 0.2) is 0 Å². The first kappa shape index (κ1) is 55.8. The SMILES string of the molecule is COCC1NC(=O)C(C)N(Cc2ccc(Cl)cc2Oc2ccc(-c3cnc(CN4CCCC4)n3C)cc2)C(=O)CC([C@H]2CCc3ccccc32)C(=O)N2CCCC(Cc3ccc(Cl)cc3)(C2)NC1=O.O=C(O)C(F)(F)F. The van der Waals surface area contributed by atoms with Crippen molar-refractivity contribution < 1.29 is 51.7 Å². The summed E-state index contributed by atoms with van der Waals surface area (Å²) in [5, 5.41) is 14.4. The molecule has 4 heterocycles. The highest BCUT2D eigenvalue weighted by atomic mass is 35.5. The van der Waals surface area contributed by atoms with Crippen molar-refractivity contribution >= 4 is 52.8 Å². The summed E-state index contributed by atoms with van der Waals surface area (Å²) in [6, 6.07) is 26.4. The van der Waals surface area contributed by atoms with E-state index in [4.69, 9.17) is 47.6 Å². The van der Waals surface area contributed by atoms with E-state index < -0.39 is 47.5 Å². The maximum absolute atomic E-state index is 15.3. The number of amides is 4. The molecule has 2 bridgehead atoms. The van der Waals surface area contributed by atoms with E-state index in [1.165, 1.54) is 24.9 Å². The van der Waals surface area contributed by atoms with E-state index in [9.17, 15) is 22.8 Å². The molecule has 5 atom stereocenters. The Kier molecular flexibility index (Phi) is 17.8. The summed E-state index contributed by atoms with van der Waals surface area (Å²) in [5.41, 5.74) is 4.87. The van der Waals surface area contributed by atoms with Crippen LogP contribution in [0, 0.1) is 5.92 Å². The lowest BCUT2D eigenvalue weighted by molar-refractivity contribution is -0.192. The van der Waals surface area contributed by atoms with Crippen LogP contribution in [0.1, 0.15) is 79.4 Å². The Hall–Kier alpha value is -6.47. The molecule has 9 rings (SSSR count). The summed E-state index contributed by atoms with van der Waals surface area (Å²) in [6.07, 6.45) is 2.25. The lowest BCUT2D eigenvalue weighted by atomic mass is 9.80. The molecule has 3 fully saturated rings. The molecule has 0 saturated carbocycles. The molecule has 404 valence electrons. The zero-order valence-electron chi connectivity index (χ0n) is 42.6. The molecule has 15 nitrogen and oxygen atoms in total. The number of piperidine rings is 1. The number of aryl methyl sites for hydroxylation is 1. The molecular formula is C56H62Cl2F3N7O8. The van der Waals surface area contributed by atoms with Crippen molar-refractivity contribution in [1.82, 2.24) is 34.9 Å². The van der Waals surface area contributed by atoms with Gasteiger partial charge < -0.3 is 39.6 Å². The second-order valence-corrected chi connectivity index (χ2v) is 21.0. The van der Waals surface area contributed by atoms with Gasteiger partial charge in [-0.2, -0.15) is 13.2 Å². The molecule has 3 saturated heterocycles. The Bertz CT molecular complexity index is 2900. The first-order valence-corrected chi connectivity index (χ1v) is 26.2. The minimum Gasteiger partial charge on any atom is -0.475 e. The number of benzene rings is 4. The fraction of sp³-hybridized carbons (Fsp3) is 0.429. The quantitative estimate of drug-likeness (QED) is 0.110. The minimum absolute atomic E-state index is 0.0515. The third-order valence-electron chi connectivity index (χ3n) is 14.9. The second kappa shape index (κ2) is 24.2. The van der Waals surface area contributed by atoms with Gasteiger partial charge >= 0.3 is 12.1 Å². The van der Waals surface area contributed by atoms with Crippen LogP contribution in [0.25, 0.3) is 11.3 Å². The van der Waals surface area contributed by atoms with E-state index in [-0.39, 0.29) is 43.8 Å². The second-order valence-electron chi connectivity index (χ2n) is 20.1. The number of halogens is 5. The van der Waals surface area contributed by atoms with Gasteiger partial charge in [-0.3, -0.25) is 24.1 Å². The molecule has 4 aliphatic rings. The van der Waals surface area contributed by atoms with Gasteiger partial charge in [0, 0.05) is 54.8 Å². The average Bonchev–Trinajstić information content (AvgIpc) is 4.17. The number of nitrogens with one attached hydrogen (secondary N) is 2. The Morgan fingerprint density at radius 3 is 2.28 bits per heavy atom. The normalized spacial score (nSPS) is 22.5. The predicted octanol–water partition coefficient (Wildman–Crippen LogP) is 8.73. The van der Waals surface area contributed by atoms with Gasteiger partial charge in [0.25, 0.3) is 0 Å². The number of alkyl halides is 3. The van der Waals surface area contributed by atoms with Crippen molar-refractivity contribution in [3.63, 3.8) is 0 Å². The van der Waals surface area contributed by atoms with Crippen LogP contribution >= 0.6 is 23.2 Å². The van der Waals surface area contributed by atoms with E-state index in [0.29, 0.717) is 59.3 Å². The summed E-state index contributed by atoms with van der Waals surface area (Å²) in [7, 11) is 3.51. The molecule has 0 radical (unpaired) electrons. The third kappa shape index (κ3) is 13.4. The van der Waals surface area contributed by atoms with Crippen molar-refractivity contribution in [2.24, 2.45) is 13.0 Å². The van der Waals surface area contributed by atoms with Crippen LogP contribution in [0.15, 0.2) is 97.2 Å². The number of hydrogen-bond donors (Lipinski definition) is 3. The van der Waals surface area contributed by atoms with Gasteiger partial charge in [0.05, 0.1) is 43.0 Å². The van der Waals surface area contributed by atoms with Crippen LogP contribution in [-0.4, -0.2) is 123 Å². The van der Waals surface area contributed by atoms with Crippen molar-refractivity contribution in [3.05, 3.63) is 135 Å². The maximum atomic E-state index is 15.3. The molecule has 1 aliphatic carbocycles. The molecule has 5 aromatic rings. The monoisotopic (exact) mass is 1090 g/mol. The first-order valence-electron chi connectivity index (χ1n) is 25.4. The van der Waals surface area contributed by atoms with Crippen molar-refractivity contribution in [1.29, 1.82) is 0 Å². The number of carbonyl (C=O) groups is 5. The number of aromatic nitrogens is 2. The van der Waals surface area contributed by atoms with Crippen molar-refractivity contribution in [2.75, 3.05) is 39.9 Å². The zero-order chi connectivity index (χ0) is 54.3. The lowest BCUT2D eigenvalue weighted by Crippen LogP contribution is -2.65. The number of likely N-dealkylation sites (tertiary alicyclic amines) is 1. The van der Waals surface area contributed by atoms with Crippen LogP contribution in [0.5, 0.6) is 11.5 Å². The highest BCUT2D eigenvalue weighted by Crippen LogP contribution is 2.42. The summed E-state index contributed by atoms with van der Waals surface area (Å²) < 4.78 is 45.9. The van der Waals surface area contributed by atoms with E-state index in [0.717, 1.165) is 59.8 Å². The molecular weight excluding hydrogens is 1030 g/mol. The van der Waals surface area contributed by atoms with Gasteiger partial charge in [-0.05, 0) is 136 Å². The highest BCUT2D eigenvalue weighted by molar-refractivity contribution is 6.31. The number of nitrogens with zero attached hydrogens (tertiary/aromatic N) is 5. The Balaban J connectivity index is 0.00000102. The average molecular weight is 1090 g/mol. The highest BCUT2D eigenvalue weighted by Gasteiger charge is 2.46. The Morgan fingerprint density at radius 2 is 1.58 bits per heavy atom. The number of carbonyl (C=O) groups excluding carboxylic acids is 4. The largest absolute Gasteiger partial charge is 0.490 e. The van der Waals surface area contributed by atoms with Crippen molar-refractivity contribution in [3.8, 4) is 22.8 Å². The number of ether oxygens (including phenoxy) is 2. The van der Waals surface area contributed by atoms with Crippen LogP contribution in [0.4, 0.5) is 13.2 Å².